The molecule has 144 valence electrons. The van der Waals surface area contributed by atoms with Crippen molar-refractivity contribution < 1.29 is 9.59 Å². The van der Waals surface area contributed by atoms with Gasteiger partial charge in [0.05, 0.1) is 6.54 Å². The van der Waals surface area contributed by atoms with Crippen molar-refractivity contribution in [2.24, 2.45) is 0 Å². The molecule has 1 aromatic rings. The van der Waals surface area contributed by atoms with Crippen LogP contribution in [0, 0.1) is 0 Å². The molecule has 1 aromatic carbocycles. The van der Waals surface area contributed by atoms with Crippen LogP contribution in [0.25, 0.3) is 0 Å². The zero-order chi connectivity index (χ0) is 18.9. The first-order chi connectivity index (χ1) is 12.4. The molecule has 0 atom stereocenters. The van der Waals surface area contributed by atoms with Gasteiger partial charge < -0.3 is 10.6 Å². The Bertz CT molecular complexity index is 581. The number of nitrogens with one attached hydrogen (secondary N) is 2. The predicted molar refractivity (Wildman–Crippen MR) is 105 cm³/mol. The van der Waals surface area contributed by atoms with Crippen LogP contribution in [0.1, 0.15) is 45.1 Å². The molecule has 1 saturated heterocycles. The minimum Gasteiger partial charge on any atom is -0.353 e. The fourth-order valence-corrected chi connectivity index (χ4v) is 3.34. The minimum atomic E-state index is 0.0738. The summed E-state index contributed by atoms with van der Waals surface area (Å²) in [6.45, 7) is 6.07. The van der Waals surface area contributed by atoms with E-state index in [2.05, 4.69) is 15.5 Å². The predicted octanol–water partition coefficient (Wildman–Crippen LogP) is 2.77. The Balaban J connectivity index is 1.60. The lowest BCUT2D eigenvalue weighted by atomic mass is 10.0. The van der Waals surface area contributed by atoms with Crippen molar-refractivity contribution in [3.05, 3.63) is 34.9 Å². The number of piperidine rings is 1. The Kier molecular flexibility index (Phi) is 8.39. The Morgan fingerprint density at radius 2 is 1.81 bits per heavy atom. The summed E-state index contributed by atoms with van der Waals surface area (Å²) < 4.78 is 0. The maximum Gasteiger partial charge on any atom is 0.234 e. The van der Waals surface area contributed by atoms with Crippen molar-refractivity contribution in [3.8, 4) is 0 Å². The molecule has 2 rings (SSSR count). The molecule has 0 unspecified atom stereocenters. The summed E-state index contributed by atoms with van der Waals surface area (Å²) in [5.74, 6) is 0.194. The van der Waals surface area contributed by atoms with Crippen LogP contribution < -0.4 is 10.6 Å². The lowest BCUT2D eigenvalue weighted by Gasteiger charge is -2.32. The van der Waals surface area contributed by atoms with Gasteiger partial charge in [-0.3, -0.25) is 14.5 Å². The van der Waals surface area contributed by atoms with Gasteiger partial charge in [0, 0.05) is 36.6 Å². The highest BCUT2D eigenvalue weighted by molar-refractivity contribution is 6.30. The summed E-state index contributed by atoms with van der Waals surface area (Å²) >= 11 is 5.87. The van der Waals surface area contributed by atoms with E-state index in [0.717, 1.165) is 43.8 Å². The maximum atomic E-state index is 12.1. The molecule has 0 spiro atoms. The van der Waals surface area contributed by atoms with E-state index in [0.29, 0.717) is 13.0 Å². The van der Waals surface area contributed by atoms with Crippen LogP contribution >= 0.6 is 11.6 Å². The molecular formula is C20H30ClN3O2. The molecular weight excluding hydrogens is 350 g/mol. The van der Waals surface area contributed by atoms with E-state index in [1.54, 1.807) is 0 Å². The number of benzene rings is 1. The second kappa shape index (κ2) is 10.5. The van der Waals surface area contributed by atoms with Gasteiger partial charge in [-0.15, -0.1) is 0 Å². The van der Waals surface area contributed by atoms with Crippen LogP contribution in [0.3, 0.4) is 0 Å². The number of rotatable bonds is 8. The van der Waals surface area contributed by atoms with Crippen LogP contribution in [0.5, 0.6) is 0 Å². The molecule has 1 heterocycles. The Hall–Kier alpha value is -1.59. The summed E-state index contributed by atoms with van der Waals surface area (Å²) in [4.78, 5) is 26.1. The van der Waals surface area contributed by atoms with Crippen molar-refractivity contribution in [2.45, 2.75) is 58.0 Å². The molecule has 0 radical (unpaired) electrons. The van der Waals surface area contributed by atoms with Crippen molar-refractivity contribution in [1.29, 1.82) is 0 Å². The monoisotopic (exact) mass is 379 g/mol. The molecule has 2 amide bonds. The lowest BCUT2D eigenvalue weighted by molar-refractivity contribution is -0.124. The number of hydrogen-bond donors (Lipinski definition) is 2. The van der Waals surface area contributed by atoms with Gasteiger partial charge in [0.15, 0.2) is 0 Å². The van der Waals surface area contributed by atoms with Gasteiger partial charge in [0.1, 0.15) is 0 Å². The van der Waals surface area contributed by atoms with Gasteiger partial charge >= 0.3 is 0 Å². The highest BCUT2D eigenvalue weighted by Gasteiger charge is 2.22. The normalized spacial score (nSPS) is 15.8. The third kappa shape index (κ3) is 7.75. The molecule has 0 bridgehead atoms. The van der Waals surface area contributed by atoms with Crippen LogP contribution in [0.15, 0.2) is 24.3 Å². The second-order valence-electron chi connectivity index (χ2n) is 7.32. The molecule has 2 N–H and O–H groups in total. The third-order valence-corrected chi connectivity index (χ3v) is 4.80. The average Bonchev–Trinajstić information content (AvgIpc) is 2.58. The smallest absolute Gasteiger partial charge is 0.234 e. The third-order valence-electron chi connectivity index (χ3n) is 4.55. The molecule has 1 aliphatic heterocycles. The van der Waals surface area contributed by atoms with Crippen LogP contribution in [-0.2, 0) is 16.0 Å². The van der Waals surface area contributed by atoms with Crippen molar-refractivity contribution in [3.63, 3.8) is 0 Å². The molecule has 26 heavy (non-hydrogen) atoms. The van der Waals surface area contributed by atoms with Gasteiger partial charge in [0.25, 0.3) is 0 Å². The van der Waals surface area contributed by atoms with Crippen LogP contribution in [0.2, 0.25) is 5.02 Å². The Morgan fingerprint density at radius 1 is 1.15 bits per heavy atom. The summed E-state index contributed by atoms with van der Waals surface area (Å²) in [5.41, 5.74) is 1.20. The van der Waals surface area contributed by atoms with E-state index >= 15 is 0 Å². The first-order valence-electron chi connectivity index (χ1n) is 9.48. The molecule has 5 nitrogen and oxygen atoms in total. The fraction of sp³-hybridized carbons (Fsp3) is 0.600. The number of amides is 2. The Morgan fingerprint density at radius 3 is 2.42 bits per heavy atom. The summed E-state index contributed by atoms with van der Waals surface area (Å²) in [7, 11) is 0. The van der Waals surface area contributed by atoms with Gasteiger partial charge in [-0.2, -0.15) is 0 Å². The molecule has 0 aromatic heterocycles. The molecule has 1 fully saturated rings. The first-order valence-corrected chi connectivity index (χ1v) is 9.85. The SMILES string of the molecule is CC(C)NC(=O)CN1CCC(NC(=O)CCCc2ccc(Cl)cc2)CC1. The molecule has 1 aliphatic rings. The number of aryl methyl sites for hydroxylation is 1. The quantitative estimate of drug-likeness (QED) is 0.730. The summed E-state index contributed by atoms with van der Waals surface area (Å²) in [5, 5.41) is 6.78. The summed E-state index contributed by atoms with van der Waals surface area (Å²) in [6, 6.07) is 8.17. The number of hydrogen-bond acceptors (Lipinski definition) is 3. The lowest BCUT2D eigenvalue weighted by Crippen LogP contribution is -2.48. The van der Waals surface area contributed by atoms with Gasteiger partial charge in [0.2, 0.25) is 11.8 Å². The zero-order valence-corrected chi connectivity index (χ0v) is 16.5. The number of halogens is 1. The molecule has 0 saturated carbocycles. The van der Waals surface area contributed by atoms with E-state index in [4.69, 9.17) is 11.6 Å². The van der Waals surface area contributed by atoms with Crippen LogP contribution in [0.4, 0.5) is 0 Å². The second-order valence-corrected chi connectivity index (χ2v) is 7.76. The van der Waals surface area contributed by atoms with Gasteiger partial charge in [-0.1, -0.05) is 23.7 Å². The van der Waals surface area contributed by atoms with E-state index in [9.17, 15) is 9.59 Å². The highest BCUT2D eigenvalue weighted by Crippen LogP contribution is 2.13. The van der Waals surface area contributed by atoms with E-state index in [1.165, 1.54) is 5.56 Å². The Labute approximate surface area is 161 Å². The van der Waals surface area contributed by atoms with Crippen LogP contribution in [-0.4, -0.2) is 48.4 Å². The largest absolute Gasteiger partial charge is 0.353 e. The highest BCUT2D eigenvalue weighted by atomic mass is 35.5. The maximum absolute atomic E-state index is 12.1. The van der Waals surface area contributed by atoms with Crippen molar-refractivity contribution in [2.75, 3.05) is 19.6 Å². The average molecular weight is 380 g/mol. The summed E-state index contributed by atoms with van der Waals surface area (Å²) in [6.07, 6.45) is 4.06. The number of nitrogens with zero attached hydrogens (tertiary/aromatic N) is 1. The van der Waals surface area contributed by atoms with Gasteiger partial charge in [-0.25, -0.2) is 0 Å². The number of carbonyl (C=O) groups is 2. The van der Waals surface area contributed by atoms with Gasteiger partial charge in [-0.05, 0) is 57.2 Å². The standard InChI is InChI=1S/C20H30ClN3O2/c1-15(2)22-20(26)14-24-12-10-18(11-13-24)23-19(25)5-3-4-16-6-8-17(21)9-7-16/h6-9,15,18H,3-5,10-14H2,1-2H3,(H,22,26)(H,23,25). The fourth-order valence-electron chi connectivity index (χ4n) is 3.21. The zero-order valence-electron chi connectivity index (χ0n) is 15.8. The minimum absolute atomic E-state index is 0.0738. The molecule has 6 heteroatoms. The number of carbonyl (C=O) groups excluding carboxylic acids is 2. The van der Waals surface area contributed by atoms with E-state index in [-0.39, 0.29) is 23.9 Å². The topological polar surface area (TPSA) is 61.4 Å². The molecule has 0 aliphatic carbocycles. The van der Waals surface area contributed by atoms with Crippen molar-refractivity contribution in [1.82, 2.24) is 15.5 Å². The van der Waals surface area contributed by atoms with Crippen molar-refractivity contribution >= 4 is 23.4 Å². The number of likely N-dealkylation sites (tertiary alicyclic amines) is 1. The van der Waals surface area contributed by atoms with E-state index in [1.807, 2.05) is 38.1 Å². The van der Waals surface area contributed by atoms with E-state index < -0.39 is 0 Å². The first kappa shape index (κ1) is 20.7.